The molecule has 4 rings (SSSR count). The largest absolute Gasteiger partial charge is 0.298 e. The van der Waals surface area contributed by atoms with Gasteiger partial charge in [-0.2, -0.15) is 0 Å². The van der Waals surface area contributed by atoms with Gasteiger partial charge in [-0.15, -0.1) is 0 Å². The zero-order chi connectivity index (χ0) is 17.0. The van der Waals surface area contributed by atoms with Crippen LogP contribution in [0, 0.1) is 27.7 Å². The highest BCUT2D eigenvalue weighted by Crippen LogP contribution is 2.35. The van der Waals surface area contributed by atoms with Crippen molar-refractivity contribution in [3.05, 3.63) is 50.9 Å². The predicted molar refractivity (Wildman–Crippen MR) is 95.8 cm³/mol. The highest BCUT2D eigenvalue weighted by Gasteiger charge is 2.36. The van der Waals surface area contributed by atoms with Crippen LogP contribution in [0.1, 0.15) is 35.2 Å². The van der Waals surface area contributed by atoms with Crippen molar-refractivity contribution in [2.75, 3.05) is 11.6 Å². The fourth-order valence-electron chi connectivity index (χ4n) is 3.43. The first kappa shape index (κ1) is 15.4. The van der Waals surface area contributed by atoms with Gasteiger partial charge in [0.1, 0.15) is 0 Å². The van der Waals surface area contributed by atoms with E-state index in [0.717, 1.165) is 29.6 Å². The molecule has 0 radical (unpaired) electrons. The van der Waals surface area contributed by atoms with Crippen molar-refractivity contribution in [1.82, 2.24) is 14.5 Å². The van der Waals surface area contributed by atoms with Crippen LogP contribution in [0.2, 0.25) is 0 Å². The van der Waals surface area contributed by atoms with Crippen molar-refractivity contribution in [3.63, 3.8) is 0 Å². The molecule has 2 aliphatic rings. The molecule has 5 nitrogen and oxygen atoms in total. The maximum atomic E-state index is 12.8. The number of hydrogen-bond acceptors (Lipinski definition) is 4. The van der Waals surface area contributed by atoms with Gasteiger partial charge < -0.3 is 0 Å². The molecular weight excluding hydrogens is 300 g/mol. The summed E-state index contributed by atoms with van der Waals surface area (Å²) in [6.45, 7) is 9.51. The number of rotatable bonds is 2. The maximum Gasteiger partial charge on any atom is 0.259 e. The van der Waals surface area contributed by atoms with E-state index >= 15 is 0 Å². The molecule has 1 saturated carbocycles. The zero-order valence-electron chi connectivity index (χ0n) is 14.8. The Morgan fingerprint density at radius 3 is 2.50 bits per heavy atom. The van der Waals surface area contributed by atoms with Crippen molar-refractivity contribution in [1.29, 1.82) is 0 Å². The van der Waals surface area contributed by atoms with Gasteiger partial charge in [0.2, 0.25) is 5.95 Å². The van der Waals surface area contributed by atoms with Crippen LogP contribution >= 0.6 is 0 Å². The summed E-state index contributed by atoms with van der Waals surface area (Å²) in [4.78, 5) is 22.2. The molecule has 0 atom stereocenters. The summed E-state index contributed by atoms with van der Waals surface area (Å²) in [5.41, 5.74) is 5.30. The van der Waals surface area contributed by atoms with Crippen molar-refractivity contribution in [2.24, 2.45) is 0 Å². The normalized spacial score (nSPS) is 17.9. The quantitative estimate of drug-likeness (QED) is 0.851. The lowest BCUT2D eigenvalue weighted by Gasteiger charge is -2.39. The molecule has 1 aliphatic carbocycles. The number of anilines is 2. The van der Waals surface area contributed by atoms with E-state index in [2.05, 4.69) is 41.8 Å². The molecule has 1 aromatic carbocycles. The monoisotopic (exact) mass is 324 g/mol. The minimum Gasteiger partial charge on any atom is -0.298 e. The molecular formula is C19H24N4O. The number of aryl methyl sites for hydroxylation is 2. The van der Waals surface area contributed by atoms with Crippen molar-refractivity contribution < 1.29 is 0 Å². The molecule has 24 heavy (non-hydrogen) atoms. The fraction of sp³-hybridized carbons (Fsp3) is 0.474. The first-order valence-corrected chi connectivity index (χ1v) is 8.63. The Morgan fingerprint density at radius 1 is 1.04 bits per heavy atom. The molecule has 1 aromatic heterocycles. The summed E-state index contributed by atoms with van der Waals surface area (Å²) in [5.74, 6) is 0.772. The second-order valence-electron chi connectivity index (χ2n) is 7.11. The van der Waals surface area contributed by atoms with E-state index in [1.165, 1.54) is 24.0 Å². The van der Waals surface area contributed by atoms with Gasteiger partial charge in [0.25, 0.3) is 5.56 Å². The topological polar surface area (TPSA) is 41.4 Å². The molecule has 0 unspecified atom stereocenters. The second kappa shape index (κ2) is 5.45. The van der Waals surface area contributed by atoms with Gasteiger partial charge >= 0.3 is 0 Å². The van der Waals surface area contributed by atoms with Crippen LogP contribution in [-0.2, 0) is 6.67 Å². The summed E-state index contributed by atoms with van der Waals surface area (Å²) in [6, 6.07) is 6.93. The number of fused-ring (bicyclic) bond motifs is 1. The Labute approximate surface area is 142 Å². The van der Waals surface area contributed by atoms with E-state index in [4.69, 9.17) is 4.98 Å². The van der Waals surface area contributed by atoms with Gasteiger partial charge in [0.05, 0.1) is 13.3 Å². The fourth-order valence-corrected chi connectivity index (χ4v) is 3.43. The zero-order valence-corrected chi connectivity index (χ0v) is 14.8. The third kappa shape index (κ3) is 2.35. The predicted octanol–water partition coefficient (Wildman–Crippen LogP) is 3.01. The average molecular weight is 324 g/mol. The molecule has 1 fully saturated rings. The Hall–Kier alpha value is -2.14. The summed E-state index contributed by atoms with van der Waals surface area (Å²) >= 11 is 0. The minimum absolute atomic E-state index is 0.0816. The molecule has 0 spiro atoms. The average Bonchev–Trinajstić information content (AvgIpc) is 3.40. The lowest BCUT2D eigenvalue weighted by atomic mass is 10.1. The molecule has 5 heteroatoms. The minimum atomic E-state index is 0.0816. The third-order valence-electron chi connectivity index (χ3n) is 5.44. The summed E-state index contributed by atoms with van der Waals surface area (Å²) in [6.07, 6.45) is 2.45. The van der Waals surface area contributed by atoms with Crippen molar-refractivity contribution in [2.45, 2.75) is 53.2 Å². The lowest BCUT2D eigenvalue weighted by molar-refractivity contribution is 0.188. The molecule has 0 amide bonds. The number of nitrogens with zero attached hydrogens (tertiary/aromatic N) is 4. The van der Waals surface area contributed by atoms with Gasteiger partial charge in [-0.05, 0) is 57.7 Å². The van der Waals surface area contributed by atoms with Crippen LogP contribution in [0.5, 0.6) is 0 Å². The molecule has 0 N–H and O–H groups in total. The maximum absolute atomic E-state index is 12.8. The summed E-state index contributed by atoms with van der Waals surface area (Å²) < 4.78 is 1.84. The second-order valence-corrected chi connectivity index (χ2v) is 7.11. The van der Waals surface area contributed by atoms with Gasteiger partial charge in [0.15, 0.2) is 0 Å². The Morgan fingerprint density at radius 2 is 1.79 bits per heavy atom. The standard InChI is InChI=1S/C19H24N4O/c1-12-6-5-7-17(13(12)2)22-10-21(16-8-9-16)11-23-18(24)14(3)15(4)20-19(22)23/h5-7,16H,8-11H2,1-4H3. The molecule has 0 saturated heterocycles. The number of hydrogen-bond donors (Lipinski definition) is 0. The van der Waals surface area contributed by atoms with E-state index in [1.54, 1.807) is 0 Å². The summed E-state index contributed by atoms with van der Waals surface area (Å²) in [7, 11) is 0. The van der Waals surface area contributed by atoms with Crippen LogP contribution in [0.25, 0.3) is 0 Å². The van der Waals surface area contributed by atoms with E-state index in [0.29, 0.717) is 12.7 Å². The first-order valence-electron chi connectivity index (χ1n) is 8.63. The molecule has 0 bridgehead atoms. The van der Waals surface area contributed by atoms with E-state index < -0.39 is 0 Å². The smallest absolute Gasteiger partial charge is 0.259 e. The van der Waals surface area contributed by atoms with Crippen LogP contribution in [0.4, 0.5) is 11.6 Å². The third-order valence-corrected chi connectivity index (χ3v) is 5.44. The SMILES string of the molecule is Cc1cccc(N2CN(C3CC3)Cn3c2nc(C)c(C)c3=O)c1C. The molecule has 2 aromatic rings. The highest BCUT2D eigenvalue weighted by atomic mass is 16.1. The van der Waals surface area contributed by atoms with Gasteiger partial charge in [-0.25, -0.2) is 4.98 Å². The number of benzene rings is 1. The van der Waals surface area contributed by atoms with E-state index in [1.807, 2.05) is 18.4 Å². The van der Waals surface area contributed by atoms with E-state index in [-0.39, 0.29) is 5.56 Å². The Bertz CT molecular complexity index is 866. The molecule has 126 valence electrons. The molecule has 1 aliphatic heterocycles. The van der Waals surface area contributed by atoms with E-state index in [9.17, 15) is 4.79 Å². The van der Waals surface area contributed by atoms with Gasteiger partial charge in [-0.1, -0.05) is 12.1 Å². The Balaban J connectivity index is 1.91. The highest BCUT2D eigenvalue weighted by molar-refractivity contribution is 5.64. The van der Waals surface area contributed by atoms with Crippen LogP contribution in [-0.4, -0.2) is 27.2 Å². The van der Waals surface area contributed by atoms with Crippen LogP contribution in [0.15, 0.2) is 23.0 Å². The van der Waals surface area contributed by atoms with Crippen LogP contribution < -0.4 is 10.5 Å². The number of aromatic nitrogens is 2. The van der Waals surface area contributed by atoms with Gasteiger partial charge in [-0.3, -0.25) is 19.2 Å². The Kier molecular flexibility index (Phi) is 3.49. The summed E-state index contributed by atoms with van der Waals surface area (Å²) in [5, 5.41) is 0. The van der Waals surface area contributed by atoms with Crippen molar-refractivity contribution in [3.8, 4) is 0 Å². The van der Waals surface area contributed by atoms with Gasteiger partial charge in [0, 0.05) is 23.0 Å². The first-order chi connectivity index (χ1) is 11.5. The van der Waals surface area contributed by atoms with Crippen LogP contribution in [0.3, 0.4) is 0 Å². The lowest BCUT2D eigenvalue weighted by Crippen LogP contribution is -2.48. The molecule has 2 heterocycles. The van der Waals surface area contributed by atoms with Crippen molar-refractivity contribution >= 4 is 11.6 Å².